The molecule has 6 nitrogen and oxygen atoms in total. The normalized spacial score (nSPS) is 11.2. The highest BCUT2D eigenvalue weighted by atomic mass is 32.2. The average molecular weight is 371 g/mol. The molecule has 0 N–H and O–H groups in total. The second kappa shape index (κ2) is 8.98. The number of imidazole rings is 1. The molecule has 138 valence electrons. The Balaban J connectivity index is 1.57. The number of hydrogen-bond donors (Lipinski definition) is 0. The van der Waals surface area contributed by atoms with E-state index in [4.69, 9.17) is 4.98 Å². The minimum atomic E-state index is 0.850. The number of hydrogen-bond acceptors (Lipinski definition) is 5. The van der Waals surface area contributed by atoms with Crippen molar-refractivity contribution < 1.29 is 0 Å². The SMILES string of the molecule is CCCCn1c(SCCCc2nnnn2-c2ccccc2)nc(C)c1C. The van der Waals surface area contributed by atoms with Crippen molar-refractivity contribution >= 4 is 11.8 Å². The molecule has 0 spiro atoms. The molecule has 0 unspecified atom stereocenters. The summed E-state index contributed by atoms with van der Waals surface area (Å²) in [6.07, 6.45) is 4.25. The fraction of sp³-hybridized carbons (Fsp3) is 0.474. The molecule has 0 saturated heterocycles. The lowest BCUT2D eigenvalue weighted by molar-refractivity contribution is 0.575. The Morgan fingerprint density at radius 3 is 2.65 bits per heavy atom. The number of nitrogens with zero attached hydrogens (tertiary/aromatic N) is 6. The van der Waals surface area contributed by atoms with E-state index in [0.717, 1.165) is 47.5 Å². The van der Waals surface area contributed by atoms with Crippen molar-refractivity contribution in [2.45, 2.75) is 58.2 Å². The van der Waals surface area contributed by atoms with Gasteiger partial charge in [0.05, 0.1) is 11.4 Å². The second-order valence-electron chi connectivity index (χ2n) is 6.36. The van der Waals surface area contributed by atoms with Crippen molar-refractivity contribution in [3.8, 4) is 5.69 Å². The Kier molecular flexibility index (Phi) is 6.44. The van der Waals surface area contributed by atoms with Crippen LogP contribution in [-0.2, 0) is 13.0 Å². The number of thioether (sulfide) groups is 1. The van der Waals surface area contributed by atoms with E-state index in [1.165, 1.54) is 18.5 Å². The van der Waals surface area contributed by atoms with Crippen molar-refractivity contribution in [1.82, 2.24) is 29.8 Å². The standard InChI is InChI=1S/C19H26N6S/c1-4-5-13-24-16(3)15(2)20-19(24)26-14-9-12-18-21-22-23-25(18)17-10-7-6-8-11-17/h6-8,10-11H,4-5,9,12-14H2,1-3H3. The van der Waals surface area contributed by atoms with Crippen molar-refractivity contribution in [1.29, 1.82) is 0 Å². The molecule has 2 heterocycles. The average Bonchev–Trinajstić information content (AvgIpc) is 3.23. The highest BCUT2D eigenvalue weighted by Gasteiger charge is 2.12. The summed E-state index contributed by atoms with van der Waals surface area (Å²) in [6.45, 7) is 7.53. The summed E-state index contributed by atoms with van der Waals surface area (Å²) >= 11 is 1.83. The molecule has 0 aliphatic carbocycles. The number of benzene rings is 1. The lowest BCUT2D eigenvalue weighted by Gasteiger charge is -2.09. The monoisotopic (exact) mass is 370 g/mol. The third-order valence-corrected chi connectivity index (χ3v) is 5.53. The lowest BCUT2D eigenvalue weighted by Crippen LogP contribution is -2.04. The van der Waals surface area contributed by atoms with Gasteiger partial charge in [-0.05, 0) is 49.2 Å². The highest BCUT2D eigenvalue weighted by molar-refractivity contribution is 7.99. The molecule has 26 heavy (non-hydrogen) atoms. The van der Waals surface area contributed by atoms with Crippen LogP contribution in [0.1, 0.15) is 43.4 Å². The first-order valence-electron chi connectivity index (χ1n) is 9.20. The van der Waals surface area contributed by atoms with Crippen LogP contribution in [0.2, 0.25) is 0 Å². The molecule has 3 rings (SSSR count). The quantitative estimate of drug-likeness (QED) is 0.421. The van der Waals surface area contributed by atoms with Crippen molar-refractivity contribution in [3.05, 3.63) is 47.5 Å². The number of aromatic nitrogens is 6. The largest absolute Gasteiger partial charge is 0.323 e. The lowest BCUT2D eigenvalue weighted by atomic mass is 10.3. The summed E-state index contributed by atoms with van der Waals surface area (Å²) in [5.74, 6) is 1.91. The smallest absolute Gasteiger partial charge is 0.168 e. The van der Waals surface area contributed by atoms with E-state index in [1.807, 2.05) is 46.8 Å². The molecule has 0 aliphatic heterocycles. The van der Waals surface area contributed by atoms with Crippen LogP contribution in [0.25, 0.3) is 5.69 Å². The van der Waals surface area contributed by atoms with Gasteiger partial charge in [-0.15, -0.1) is 5.10 Å². The molecule has 0 bridgehead atoms. The van der Waals surface area contributed by atoms with Crippen LogP contribution in [-0.4, -0.2) is 35.5 Å². The topological polar surface area (TPSA) is 61.4 Å². The first-order valence-corrected chi connectivity index (χ1v) is 10.2. The summed E-state index contributed by atoms with van der Waals surface area (Å²) in [4.78, 5) is 4.74. The first kappa shape index (κ1) is 18.6. The van der Waals surface area contributed by atoms with Crippen LogP contribution in [0, 0.1) is 13.8 Å². The maximum Gasteiger partial charge on any atom is 0.168 e. The minimum absolute atomic E-state index is 0.850. The van der Waals surface area contributed by atoms with Gasteiger partial charge < -0.3 is 4.57 Å². The van der Waals surface area contributed by atoms with E-state index in [9.17, 15) is 0 Å². The predicted molar refractivity (Wildman–Crippen MR) is 105 cm³/mol. The molecule has 0 amide bonds. The Morgan fingerprint density at radius 2 is 1.88 bits per heavy atom. The van der Waals surface area contributed by atoms with Crippen LogP contribution in [0.15, 0.2) is 35.5 Å². The molecule has 0 aliphatic rings. The molecule has 0 fully saturated rings. The van der Waals surface area contributed by atoms with Gasteiger partial charge in [0.2, 0.25) is 0 Å². The molecule has 7 heteroatoms. The zero-order chi connectivity index (χ0) is 18.4. The van der Waals surface area contributed by atoms with Gasteiger partial charge in [0.1, 0.15) is 0 Å². The molecule has 2 aromatic heterocycles. The molecular weight excluding hydrogens is 344 g/mol. The third kappa shape index (κ3) is 4.33. The van der Waals surface area contributed by atoms with Crippen LogP contribution in [0.3, 0.4) is 0 Å². The summed E-state index contributed by atoms with van der Waals surface area (Å²) in [5, 5.41) is 13.3. The number of tetrazole rings is 1. The van der Waals surface area contributed by atoms with Crippen LogP contribution >= 0.6 is 11.8 Å². The van der Waals surface area contributed by atoms with Gasteiger partial charge >= 0.3 is 0 Å². The van der Waals surface area contributed by atoms with E-state index in [1.54, 1.807) is 0 Å². The van der Waals surface area contributed by atoms with Crippen molar-refractivity contribution in [3.63, 3.8) is 0 Å². The number of rotatable bonds is 9. The van der Waals surface area contributed by atoms with E-state index in [2.05, 4.69) is 40.9 Å². The number of para-hydroxylation sites is 1. The predicted octanol–water partition coefficient (Wildman–Crippen LogP) is 4.00. The molecule has 0 saturated carbocycles. The fourth-order valence-electron chi connectivity index (χ4n) is 2.84. The van der Waals surface area contributed by atoms with E-state index in [-0.39, 0.29) is 0 Å². The van der Waals surface area contributed by atoms with Gasteiger partial charge in [-0.25, -0.2) is 4.98 Å². The van der Waals surface area contributed by atoms with Crippen LogP contribution < -0.4 is 0 Å². The van der Waals surface area contributed by atoms with Crippen LogP contribution in [0.5, 0.6) is 0 Å². The van der Waals surface area contributed by atoms with Gasteiger partial charge in [0.15, 0.2) is 11.0 Å². The Hall–Kier alpha value is -2.15. The van der Waals surface area contributed by atoms with E-state index in [0.29, 0.717) is 0 Å². The Labute approximate surface area is 159 Å². The maximum atomic E-state index is 4.74. The molecule has 0 atom stereocenters. The molecule has 3 aromatic rings. The fourth-order valence-corrected chi connectivity index (χ4v) is 3.90. The van der Waals surface area contributed by atoms with Crippen LogP contribution in [0.4, 0.5) is 0 Å². The number of unbranched alkanes of at least 4 members (excludes halogenated alkanes) is 1. The third-order valence-electron chi connectivity index (χ3n) is 4.47. The summed E-state index contributed by atoms with van der Waals surface area (Å²) in [6, 6.07) is 10.0. The maximum absolute atomic E-state index is 4.74. The number of aryl methyl sites for hydroxylation is 2. The van der Waals surface area contributed by atoms with Gasteiger partial charge in [0, 0.05) is 24.4 Å². The van der Waals surface area contributed by atoms with E-state index < -0.39 is 0 Å². The molecular formula is C19H26N6S. The van der Waals surface area contributed by atoms with Gasteiger partial charge in [-0.1, -0.05) is 43.3 Å². The van der Waals surface area contributed by atoms with E-state index >= 15 is 0 Å². The zero-order valence-electron chi connectivity index (χ0n) is 15.7. The highest BCUT2D eigenvalue weighted by Crippen LogP contribution is 2.23. The summed E-state index contributed by atoms with van der Waals surface area (Å²) in [7, 11) is 0. The molecule has 1 aromatic carbocycles. The minimum Gasteiger partial charge on any atom is -0.323 e. The molecule has 0 radical (unpaired) electrons. The Bertz CT molecular complexity index is 824. The summed E-state index contributed by atoms with van der Waals surface area (Å²) in [5.41, 5.74) is 3.42. The van der Waals surface area contributed by atoms with Gasteiger partial charge in [-0.3, -0.25) is 0 Å². The zero-order valence-corrected chi connectivity index (χ0v) is 16.5. The van der Waals surface area contributed by atoms with Crippen molar-refractivity contribution in [2.75, 3.05) is 5.75 Å². The second-order valence-corrected chi connectivity index (χ2v) is 7.43. The first-order chi connectivity index (χ1) is 12.7. The van der Waals surface area contributed by atoms with Gasteiger partial charge in [-0.2, -0.15) is 4.68 Å². The summed E-state index contributed by atoms with van der Waals surface area (Å²) < 4.78 is 4.18. The van der Waals surface area contributed by atoms with Crippen molar-refractivity contribution in [2.24, 2.45) is 0 Å². The Morgan fingerprint density at radius 1 is 1.08 bits per heavy atom. The van der Waals surface area contributed by atoms with Gasteiger partial charge in [0.25, 0.3) is 0 Å².